The number of phenols is 1. The molecule has 0 amide bonds. The molecular weight excluding hydrogens is 358 g/mol. The van der Waals surface area contributed by atoms with Gasteiger partial charge in [-0.15, -0.1) is 0 Å². The van der Waals surface area contributed by atoms with Gasteiger partial charge in [-0.3, -0.25) is 4.57 Å². The average molecular weight is 379 g/mol. The number of rotatable bonds is 4. The Hall–Kier alpha value is -3.48. The van der Waals surface area contributed by atoms with Gasteiger partial charge in [-0.25, -0.2) is 9.78 Å². The van der Waals surface area contributed by atoms with Crippen molar-refractivity contribution in [1.82, 2.24) is 9.55 Å². The molecule has 3 aromatic rings. The van der Waals surface area contributed by atoms with E-state index in [0.29, 0.717) is 23.0 Å². The fourth-order valence-electron chi connectivity index (χ4n) is 3.63. The van der Waals surface area contributed by atoms with E-state index in [-0.39, 0.29) is 12.4 Å². The Bertz CT molecular complexity index is 1100. The number of allylic oxidation sites excluding steroid dienone is 1. The first-order chi connectivity index (χ1) is 13.5. The van der Waals surface area contributed by atoms with Crippen LogP contribution in [0.4, 0.5) is 5.95 Å². The van der Waals surface area contributed by atoms with Crippen LogP contribution in [0.3, 0.4) is 0 Å². The molecule has 0 bridgehead atoms. The number of methoxy groups -OCH3 is 1. The SMILES string of the molecule is CCOC(=O)C1=C(C)Nc2nc3ccccc3n2[C@@H]1c1ccc(OC)c(O)c1. The third-order valence-electron chi connectivity index (χ3n) is 4.84. The van der Waals surface area contributed by atoms with Crippen molar-refractivity contribution in [3.8, 4) is 11.5 Å². The van der Waals surface area contributed by atoms with Crippen LogP contribution in [0, 0.1) is 0 Å². The van der Waals surface area contributed by atoms with E-state index in [2.05, 4.69) is 10.3 Å². The topological polar surface area (TPSA) is 85.6 Å². The predicted molar refractivity (Wildman–Crippen MR) is 105 cm³/mol. The quantitative estimate of drug-likeness (QED) is 0.674. The van der Waals surface area contributed by atoms with E-state index in [9.17, 15) is 9.90 Å². The number of phenolic OH excluding ortho intramolecular Hbond substituents is 1. The van der Waals surface area contributed by atoms with Gasteiger partial charge in [0, 0.05) is 5.70 Å². The number of carbonyl (C=O) groups excluding carboxylic acids is 1. The summed E-state index contributed by atoms with van der Waals surface area (Å²) in [6.45, 7) is 3.87. The molecule has 0 saturated heterocycles. The Morgan fingerprint density at radius 3 is 2.79 bits per heavy atom. The number of para-hydroxylation sites is 2. The molecule has 2 N–H and O–H groups in total. The number of hydrogen-bond acceptors (Lipinski definition) is 6. The Kier molecular flexibility index (Phi) is 4.43. The minimum Gasteiger partial charge on any atom is -0.504 e. The number of ether oxygens (including phenoxy) is 2. The fraction of sp³-hybridized carbons (Fsp3) is 0.238. The summed E-state index contributed by atoms with van der Waals surface area (Å²) in [5, 5.41) is 13.5. The third-order valence-corrected chi connectivity index (χ3v) is 4.84. The monoisotopic (exact) mass is 379 g/mol. The van der Waals surface area contributed by atoms with Crippen LogP contribution in [0.1, 0.15) is 25.5 Å². The van der Waals surface area contributed by atoms with Crippen molar-refractivity contribution < 1.29 is 19.4 Å². The molecule has 0 saturated carbocycles. The number of benzene rings is 2. The van der Waals surface area contributed by atoms with Gasteiger partial charge < -0.3 is 19.9 Å². The van der Waals surface area contributed by atoms with Crippen molar-refractivity contribution in [2.24, 2.45) is 0 Å². The van der Waals surface area contributed by atoms with Gasteiger partial charge in [-0.2, -0.15) is 0 Å². The van der Waals surface area contributed by atoms with Gasteiger partial charge in [-0.1, -0.05) is 18.2 Å². The predicted octanol–water partition coefficient (Wildman–Crippen LogP) is 3.60. The molecular formula is C21H21N3O4. The van der Waals surface area contributed by atoms with Crippen molar-refractivity contribution in [1.29, 1.82) is 0 Å². The van der Waals surface area contributed by atoms with Gasteiger partial charge >= 0.3 is 5.97 Å². The highest BCUT2D eigenvalue weighted by Gasteiger charge is 2.35. The van der Waals surface area contributed by atoms with E-state index in [4.69, 9.17) is 9.47 Å². The zero-order valence-electron chi connectivity index (χ0n) is 15.9. The van der Waals surface area contributed by atoms with Crippen LogP contribution < -0.4 is 10.1 Å². The van der Waals surface area contributed by atoms with Crippen LogP contribution >= 0.6 is 0 Å². The van der Waals surface area contributed by atoms with Crippen LogP contribution in [0.15, 0.2) is 53.7 Å². The molecule has 0 unspecified atom stereocenters. The fourth-order valence-corrected chi connectivity index (χ4v) is 3.63. The minimum absolute atomic E-state index is 0.00497. The Morgan fingerprint density at radius 2 is 2.07 bits per heavy atom. The first-order valence-corrected chi connectivity index (χ1v) is 9.04. The number of hydrogen-bond donors (Lipinski definition) is 2. The van der Waals surface area contributed by atoms with Crippen LogP contribution in [0.5, 0.6) is 11.5 Å². The van der Waals surface area contributed by atoms with Crippen LogP contribution in [0.25, 0.3) is 11.0 Å². The summed E-state index contributed by atoms with van der Waals surface area (Å²) in [4.78, 5) is 17.5. The molecule has 2 heterocycles. The maximum atomic E-state index is 12.8. The second kappa shape index (κ2) is 6.92. The summed E-state index contributed by atoms with van der Waals surface area (Å²) in [6.07, 6.45) is 0. The third kappa shape index (κ3) is 2.76. The smallest absolute Gasteiger partial charge is 0.338 e. The molecule has 144 valence electrons. The second-order valence-corrected chi connectivity index (χ2v) is 6.51. The second-order valence-electron chi connectivity index (χ2n) is 6.51. The van der Waals surface area contributed by atoms with Crippen molar-refractivity contribution in [3.63, 3.8) is 0 Å². The largest absolute Gasteiger partial charge is 0.504 e. The van der Waals surface area contributed by atoms with Gasteiger partial charge in [0.2, 0.25) is 5.95 Å². The highest BCUT2D eigenvalue weighted by Crippen LogP contribution is 2.41. The minimum atomic E-state index is -0.500. The van der Waals surface area contributed by atoms with E-state index >= 15 is 0 Å². The van der Waals surface area contributed by atoms with Crippen LogP contribution in [0.2, 0.25) is 0 Å². The summed E-state index contributed by atoms with van der Waals surface area (Å²) in [5.74, 6) is 0.598. The van der Waals surface area contributed by atoms with Gasteiger partial charge in [0.05, 0.1) is 36.4 Å². The number of nitrogens with zero attached hydrogens (tertiary/aromatic N) is 2. The van der Waals surface area contributed by atoms with E-state index in [1.807, 2.05) is 41.8 Å². The van der Waals surface area contributed by atoms with Gasteiger partial charge in [0.1, 0.15) is 0 Å². The average Bonchev–Trinajstić information content (AvgIpc) is 3.04. The molecule has 7 heteroatoms. The molecule has 28 heavy (non-hydrogen) atoms. The van der Waals surface area contributed by atoms with Gasteiger partial charge in [0.15, 0.2) is 11.5 Å². The molecule has 4 rings (SSSR count). The number of aromatic hydroxyl groups is 1. The Labute approximate surface area is 162 Å². The number of esters is 1. The van der Waals surface area contributed by atoms with Crippen molar-refractivity contribution in [3.05, 3.63) is 59.3 Å². The molecule has 1 atom stereocenters. The Balaban J connectivity index is 1.97. The van der Waals surface area contributed by atoms with Crippen molar-refractivity contribution in [2.45, 2.75) is 19.9 Å². The highest BCUT2D eigenvalue weighted by molar-refractivity contribution is 5.94. The number of nitrogens with one attached hydrogen (secondary N) is 1. The molecule has 1 aromatic heterocycles. The standard InChI is InChI=1S/C21H21N3O4/c1-4-28-20(26)18-12(2)22-21-23-14-7-5-6-8-15(14)24(21)19(18)13-9-10-17(27-3)16(25)11-13/h5-11,19,25H,4H2,1-3H3,(H,22,23)/t19-/m1/s1. The van der Waals surface area contributed by atoms with Crippen molar-refractivity contribution >= 4 is 23.0 Å². The van der Waals surface area contributed by atoms with E-state index in [1.54, 1.807) is 19.1 Å². The van der Waals surface area contributed by atoms with Gasteiger partial charge in [0.25, 0.3) is 0 Å². The number of fused-ring (bicyclic) bond motifs is 3. The summed E-state index contributed by atoms with van der Waals surface area (Å²) in [5.41, 5.74) is 3.56. The molecule has 0 radical (unpaired) electrons. The van der Waals surface area contributed by atoms with E-state index in [0.717, 1.165) is 16.6 Å². The molecule has 2 aromatic carbocycles. The highest BCUT2D eigenvalue weighted by atomic mass is 16.5. The van der Waals surface area contributed by atoms with Crippen molar-refractivity contribution in [2.75, 3.05) is 19.0 Å². The molecule has 0 aliphatic carbocycles. The summed E-state index contributed by atoms with van der Waals surface area (Å²) in [7, 11) is 1.49. The summed E-state index contributed by atoms with van der Waals surface area (Å²) >= 11 is 0. The van der Waals surface area contributed by atoms with Gasteiger partial charge in [-0.05, 0) is 43.7 Å². The molecule has 0 fully saturated rings. The lowest BCUT2D eigenvalue weighted by atomic mass is 9.94. The zero-order valence-corrected chi connectivity index (χ0v) is 15.9. The normalized spacial score (nSPS) is 15.9. The first-order valence-electron chi connectivity index (χ1n) is 9.04. The number of anilines is 1. The lowest BCUT2D eigenvalue weighted by molar-refractivity contribution is -0.139. The Morgan fingerprint density at radius 1 is 1.29 bits per heavy atom. The lowest BCUT2D eigenvalue weighted by Crippen LogP contribution is -2.29. The van der Waals surface area contributed by atoms with Crippen LogP contribution in [-0.4, -0.2) is 34.3 Å². The number of aromatic nitrogens is 2. The number of imidazole rings is 1. The molecule has 0 spiro atoms. The maximum Gasteiger partial charge on any atom is 0.338 e. The number of carbonyl (C=O) groups is 1. The van der Waals surface area contributed by atoms with E-state index < -0.39 is 12.0 Å². The zero-order chi connectivity index (χ0) is 19.8. The molecule has 1 aliphatic rings. The lowest BCUT2D eigenvalue weighted by Gasteiger charge is -2.30. The molecule has 7 nitrogen and oxygen atoms in total. The summed E-state index contributed by atoms with van der Waals surface area (Å²) < 4.78 is 12.4. The first kappa shape index (κ1) is 17.9. The van der Waals surface area contributed by atoms with Crippen LogP contribution in [-0.2, 0) is 9.53 Å². The summed E-state index contributed by atoms with van der Waals surface area (Å²) in [6, 6.07) is 12.3. The van der Waals surface area contributed by atoms with E-state index in [1.165, 1.54) is 7.11 Å². The maximum absolute atomic E-state index is 12.8. The molecule has 1 aliphatic heterocycles.